The molecule has 110 valence electrons. The molecule has 1 unspecified atom stereocenters. The average Bonchev–Trinajstić information content (AvgIpc) is 2.73. The lowest BCUT2D eigenvalue weighted by atomic mass is 10.2. The number of ether oxygens (including phenoxy) is 1. The molecule has 0 aromatic carbocycles. The van der Waals surface area contributed by atoms with E-state index in [0.717, 1.165) is 29.8 Å². The Hall–Kier alpha value is -0.470. The molecule has 6 nitrogen and oxygen atoms in total. The molecule has 7 heteroatoms. The second-order valence-electron chi connectivity index (χ2n) is 4.62. The molecule has 1 aromatic rings. The molecular formula is C12H23BrN4O2. The van der Waals surface area contributed by atoms with E-state index in [1.807, 2.05) is 18.8 Å². The third-order valence-electron chi connectivity index (χ3n) is 2.73. The Morgan fingerprint density at radius 3 is 2.95 bits per heavy atom. The van der Waals surface area contributed by atoms with Crippen LogP contribution < -0.4 is 5.32 Å². The van der Waals surface area contributed by atoms with Gasteiger partial charge in [0, 0.05) is 26.7 Å². The number of aromatic nitrogens is 2. The van der Waals surface area contributed by atoms with Crippen LogP contribution in [0.4, 0.5) is 0 Å². The Morgan fingerprint density at radius 1 is 1.58 bits per heavy atom. The lowest BCUT2D eigenvalue weighted by Gasteiger charge is -2.16. The molecule has 0 spiro atoms. The topological polar surface area (TPSA) is 62.5 Å². The first-order valence-electron chi connectivity index (χ1n) is 6.30. The van der Waals surface area contributed by atoms with Crippen molar-refractivity contribution in [1.29, 1.82) is 0 Å². The molecule has 0 saturated heterocycles. The highest BCUT2D eigenvalue weighted by molar-refractivity contribution is 9.10. The number of aliphatic hydroxyl groups is 1. The van der Waals surface area contributed by atoms with E-state index in [4.69, 9.17) is 4.74 Å². The van der Waals surface area contributed by atoms with Crippen molar-refractivity contribution in [2.75, 3.05) is 47.4 Å². The number of likely N-dealkylation sites (N-methyl/N-ethyl adjacent to an activating group) is 1. The summed E-state index contributed by atoms with van der Waals surface area (Å²) in [6, 6.07) is 0. The highest BCUT2D eigenvalue weighted by Gasteiger charge is 2.17. The van der Waals surface area contributed by atoms with Crippen LogP contribution in [-0.4, -0.2) is 67.2 Å². The Bertz CT molecular complexity index is 371. The fraction of sp³-hybridized carbons (Fsp3) is 0.750. The van der Waals surface area contributed by atoms with Gasteiger partial charge in [0.05, 0.1) is 29.5 Å². The minimum atomic E-state index is -0.587. The standard InChI is InChI=1S/C12H23BrN4O2/c1-16(2)5-6-17-12(10(13)8-15-17)11(18)9-14-4-7-19-3/h8,11,14,18H,4-7,9H2,1-3H3. The maximum absolute atomic E-state index is 10.2. The summed E-state index contributed by atoms with van der Waals surface area (Å²) in [6.07, 6.45) is 1.14. The van der Waals surface area contributed by atoms with E-state index >= 15 is 0 Å². The van der Waals surface area contributed by atoms with Gasteiger partial charge in [0.15, 0.2) is 0 Å². The average molecular weight is 335 g/mol. The van der Waals surface area contributed by atoms with Crippen molar-refractivity contribution in [2.45, 2.75) is 12.6 Å². The zero-order valence-electron chi connectivity index (χ0n) is 11.8. The number of nitrogens with zero attached hydrogens (tertiary/aromatic N) is 3. The number of hydrogen-bond acceptors (Lipinski definition) is 5. The SMILES string of the molecule is COCCNCC(O)c1c(Br)cnn1CCN(C)C. The van der Waals surface area contributed by atoms with Crippen LogP contribution in [0.1, 0.15) is 11.8 Å². The van der Waals surface area contributed by atoms with E-state index in [1.165, 1.54) is 0 Å². The first kappa shape index (κ1) is 16.6. The van der Waals surface area contributed by atoms with E-state index in [9.17, 15) is 5.11 Å². The second-order valence-corrected chi connectivity index (χ2v) is 5.47. The summed E-state index contributed by atoms with van der Waals surface area (Å²) in [4.78, 5) is 2.09. The predicted octanol–water partition coefficient (Wildman–Crippen LogP) is 0.477. The molecule has 0 bridgehead atoms. The maximum Gasteiger partial charge on any atom is 0.109 e. The minimum Gasteiger partial charge on any atom is -0.385 e. The van der Waals surface area contributed by atoms with Crippen LogP contribution in [0.25, 0.3) is 0 Å². The summed E-state index contributed by atoms with van der Waals surface area (Å²) in [7, 11) is 5.69. The number of halogens is 1. The van der Waals surface area contributed by atoms with Crippen LogP contribution in [0.5, 0.6) is 0 Å². The van der Waals surface area contributed by atoms with Gasteiger partial charge in [0.25, 0.3) is 0 Å². The first-order valence-corrected chi connectivity index (χ1v) is 7.09. The normalized spacial score (nSPS) is 13.2. The molecule has 0 saturated carbocycles. The smallest absolute Gasteiger partial charge is 0.109 e. The zero-order chi connectivity index (χ0) is 14.3. The number of aliphatic hydroxyl groups excluding tert-OH is 1. The van der Waals surface area contributed by atoms with Gasteiger partial charge >= 0.3 is 0 Å². The van der Waals surface area contributed by atoms with Crippen LogP contribution in [0, 0.1) is 0 Å². The monoisotopic (exact) mass is 334 g/mol. The van der Waals surface area contributed by atoms with Gasteiger partial charge in [0.1, 0.15) is 6.10 Å². The zero-order valence-corrected chi connectivity index (χ0v) is 13.4. The molecule has 1 heterocycles. The van der Waals surface area contributed by atoms with Crippen LogP contribution in [-0.2, 0) is 11.3 Å². The van der Waals surface area contributed by atoms with Crippen LogP contribution in [0.3, 0.4) is 0 Å². The summed E-state index contributed by atoms with van der Waals surface area (Å²) in [5.41, 5.74) is 0.812. The molecule has 0 aliphatic rings. The van der Waals surface area contributed by atoms with Crippen LogP contribution in [0.2, 0.25) is 0 Å². The van der Waals surface area contributed by atoms with E-state index in [0.29, 0.717) is 13.2 Å². The molecule has 0 aliphatic heterocycles. The Balaban J connectivity index is 2.56. The number of methoxy groups -OCH3 is 1. The second kappa shape index (κ2) is 8.65. The highest BCUT2D eigenvalue weighted by atomic mass is 79.9. The third-order valence-corrected chi connectivity index (χ3v) is 3.34. The van der Waals surface area contributed by atoms with Gasteiger partial charge in [-0.2, -0.15) is 5.10 Å². The molecule has 0 aliphatic carbocycles. The molecule has 1 rings (SSSR count). The largest absolute Gasteiger partial charge is 0.385 e. The fourth-order valence-corrected chi connectivity index (χ4v) is 2.25. The molecule has 1 aromatic heterocycles. The summed E-state index contributed by atoms with van der Waals surface area (Å²) in [6.45, 7) is 3.47. The van der Waals surface area contributed by atoms with Crippen molar-refractivity contribution in [1.82, 2.24) is 20.0 Å². The summed E-state index contributed by atoms with van der Waals surface area (Å²) in [5, 5.41) is 17.7. The van der Waals surface area contributed by atoms with Crippen molar-refractivity contribution >= 4 is 15.9 Å². The highest BCUT2D eigenvalue weighted by Crippen LogP contribution is 2.22. The molecular weight excluding hydrogens is 312 g/mol. The Morgan fingerprint density at radius 2 is 2.32 bits per heavy atom. The number of rotatable bonds is 9. The van der Waals surface area contributed by atoms with E-state index in [2.05, 4.69) is 31.2 Å². The lowest BCUT2D eigenvalue weighted by Crippen LogP contribution is -2.27. The molecule has 19 heavy (non-hydrogen) atoms. The van der Waals surface area contributed by atoms with Crippen molar-refractivity contribution < 1.29 is 9.84 Å². The van der Waals surface area contributed by atoms with Gasteiger partial charge in [-0.1, -0.05) is 0 Å². The Labute approximate surface area is 122 Å². The van der Waals surface area contributed by atoms with Crippen molar-refractivity contribution in [3.63, 3.8) is 0 Å². The quantitative estimate of drug-likeness (QED) is 0.643. The molecule has 0 radical (unpaired) electrons. The third kappa shape index (κ3) is 5.58. The predicted molar refractivity (Wildman–Crippen MR) is 78.2 cm³/mol. The van der Waals surface area contributed by atoms with E-state index in [-0.39, 0.29) is 0 Å². The summed E-state index contributed by atoms with van der Waals surface area (Å²) >= 11 is 3.44. The van der Waals surface area contributed by atoms with Gasteiger partial charge in [-0.15, -0.1) is 0 Å². The van der Waals surface area contributed by atoms with Crippen molar-refractivity contribution in [3.05, 3.63) is 16.4 Å². The maximum atomic E-state index is 10.2. The van der Waals surface area contributed by atoms with Gasteiger partial charge in [0.2, 0.25) is 0 Å². The molecule has 2 N–H and O–H groups in total. The van der Waals surface area contributed by atoms with Gasteiger partial charge in [-0.25, -0.2) is 0 Å². The van der Waals surface area contributed by atoms with E-state index < -0.39 is 6.10 Å². The summed E-state index contributed by atoms with van der Waals surface area (Å²) in [5.74, 6) is 0. The lowest BCUT2D eigenvalue weighted by molar-refractivity contribution is 0.152. The van der Waals surface area contributed by atoms with Crippen molar-refractivity contribution in [3.8, 4) is 0 Å². The van der Waals surface area contributed by atoms with E-state index in [1.54, 1.807) is 13.3 Å². The number of nitrogens with one attached hydrogen (secondary N) is 1. The summed E-state index contributed by atoms with van der Waals surface area (Å²) < 4.78 is 7.63. The molecule has 0 amide bonds. The fourth-order valence-electron chi connectivity index (χ4n) is 1.69. The first-order chi connectivity index (χ1) is 9.06. The molecule has 0 fully saturated rings. The Kier molecular flexibility index (Phi) is 7.55. The van der Waals surface area contributed by atoms with Gasteiger partial charge in [-0.3, -0.25) is 4.68 Å². The van der Waals surface area contributed by atoms with Gasteiger partial charge < -0.3 is 20.1 Å². The van der Waals surface area contributed by atoms with Crippen LogP contribution >= 0.6 is 15.9 Å². The van der Waals surface area contributed by atoms with Crippen LogP contribution in [0.15, 0.2) is 10.7 Å². The van der Waals surface area contributed by atoms with Gasteiger partial charge in [-0.05, 0) is 30.0 Å². The minimum absolute atomic E-state index is 0.482. The van der Waals surface area contributed by atoms with Crippen molar-refractivity contribution in [2.24, 2.45) is 0 Å². The number of hydrogen-bond donors (Lipinski definition) is 2. The molecule has 1 atom stereocenters.